The van der Waals surface area contributed by atoms with Crippen molar-refractivity contribution in [2.24, 2.45) is 11.8 Å². The molecular formula is C12H12O4. The number of carbonyl (C=O) groups excluding carboxylic acids is 1. The summed E-state index contributed by atoms with van der Waals surface area (Å²) in [5, 5.41) is 8.65. The molecule has 84 valence electrons. The Labute approximate surface area is 92.8 Å². The standard InChI is InChI=1S/C12H12O4/c13-11(14)9-6-10(9)12(15)16-7-8-4-2-1-3-5-8/h1-5,9-10H,6-7H2,(H,13,14)/t9-,10+/m0/s1. The predicted octanol–water partition coefficient (Wildman–Crippen LogP) is 1.45. The molecule has 1 aromatic rings. The van der Waals surface area contributed by atoms with Crippen molar-refractivity contribution >= 4 is 11.9 Å². The summed E-state index contributed by atoms with van der Waals surface area (Å²) in [4.78, 5) is 22.0. The van der Waals surface area contributed by atoms with Gasteiger partial charge in [0, 0.05) is 0 Å². The van der Waals surface area contributed by atoms with Crippen LogP contribution in [0.3, 0.4) is 0 Å². The van der Waals surface area contributed by atoms with Crippen molar-refractivity contribution in [1.29, 1.82) is 0 Å². The first-order valence-corrected chi connectivity index (χ1v) is 5.12. The van der Waals surface area contributed by atoms with E-state index >= 15 is 0 Å². The molecule has 2 rings (SSSR count). The number of rotatable bonds is 4. The lowest BCUT2D eigenvalue weighted by atomic mass is 10.2. The summed E-state index contributed by atoms with van der Waals surface area (Å²) >= 11 is 0. The highest BCUT2D eigenvalue weighted by molar-refractivity contribution is 5.86. The van der Waals surface area contributed by atoms with E-state index in [0.29, 0.717) is 6.42 Å². The Morgan fingerprint density at radius 2 is 1.94 bits per heavy atom. The fourth-order valence-corrected chi connectivity index (χ4v) is 1.56. The van der Waals surface area contributed by atoms with Gasteiger partial charge in [-0.3, -0.25) is 9.59 Å². The molecule has 4 heteroatoms. The van der Waals surface area contributed by atoms with Gasteiger partial charge in [0.25, 0.3) is 0 Å². The van der Waals surface area contributed by atoms with Gasteiger partial charge in [0.2, 0.25) is 0 Å². The van der Waals surface area contributed by atoms with E-state index in [2.05, 4.69) is 0 Å². The average Bonchev–Trinajstić information content (AvgIpc) is 3.07. The van der Waals surface area contributed by atoms with Crippen LogP contribution < -0.4 is 0 Å². The van der Waals surface area contributed by atoms with Gasteiger partial charge in [-0.25, -0.2) is 0 Å². The summed E-state index contributed by atoms with van der Waals surface area (Å²) in [6.45, 7) is 0.211. The van der Waals surface area contributed by atoms with Gasteiger partial charge in [-0.1, -0.05) is 30.3 Å². The lowest BCUT2D eigenvalue weighted by Crippen LogP contribution is -2.11. The number of hydrogen-bond acceptors (Lipinski definition) is 3. The van der Waals surface area contributed by atoms with Crippen LogP contribution in [0.25, 0.3) is 0 Å². The van der Waals surface area contributed by atoms with Crippen LogP contribution in [0, 0.1) is 11.8 Å². The maximum absolute atomic E-state index is 11.4. The van der Waals surface area contributed by atoms with Crippen molar-refractivity contribution in [3.63, 3.8) is 0 Å². The third-order valence-corrected chi connectivity index (χ3v) is 2.63. The number of carbonyl (C=O) groups is 2. The van der Waals surface area contributed by atoms with Gasteiger partial charge in [-0.05, 0) is 12.0 Å². The van der Waals surface area contributed by atoms with E-state index in [-0.39, 0.29) is 6.61 Å². The second-order valence-corrected chi connectivity index (χ2v) is 3.88. The number of esters is 1. The molecule has 1 aromatic carbocycles. The SMILES string of the molecule is O=C(O)[C@H]1C[C@H]1C(=O)OCc1ccccc1. The third-order valence-electron chi connectivity index (χ3n) is 2.63. The molecule has 2 atom stereocenters. The molecule has 0 unspecified atom stereocenters. The van der Waals surface area contributed by atoms with Crippen LogP contribution in [0.5, 0.6) is 0 Å². The zero-order valence-electron chi connectivity index (χ0n) is 8.63. The number of aliphatic carboxylic acids is 1. The molecule has 1 saturated carbocycles. The van der Waals surface area contributed by atoms with Crippen LogP contribution in [0.1, 0.15) is 12.0 Å². The maximum Gasteiger partial charge on any atom is 0.310 e. The molecular weight excluding hydrogens is 208 g/mol. The average molecular weight is 220 g/mol. The van der Waals surface area contributed by atoms with Crippen molar-refractivity contribution < 1.29 is 19.4 Å². The highest BCUT2D eigenvalue weighted by atomic mass is 16.5. The molecule has 0 aromatic heterocycles. The summed E-state index contributed by atoms with van der Waals surface area (Å²) < 4.78 is 5.03. The number of benzene rings is 1. The first kappa shape index (κ1) is 10.7. The fourth-order valence-electron chi connectivity index (χ4n) is 1.56. The van der Waals surface area contributed by atoms with Gasteiger partial charge in [0.05, 0.1) is 11.8 Å². The van der Waals surface area contributed by atoms with Gasteiger partial charge in [0.15, 0.2) is 0 Å². The zero-order chi connectivity index (χ0) is 11.5. The van der Waals surface area contributed by atoms with Gasteiger partial charge in [0.1, 0.15) is 6.61 Å². The van der Waals surface area contributed by atoms with E-state index in [1.54, 1.807) is 0 Å². The molecule has 1 N–H and O–H groups in total. The topological polar surface area (TPSA) is 63.6 Å². The Morgan fingerprint density at radius 1 is 1.25 bits per heavy atom. The van der Waals surface area contributed by atoms with Crippen LogP contribution in [0.2, 0.25) is 0 Å². The third kappa shape index (κ3) is 2.39. The molecule has 0 radical (unpaired) electrons. The highest BCUT2D eigenvalue weighted by Crippen LogP contribution is 2.39. The van der Waals surface area contributed by atoms with Crippen molar-refractivity contribution in [3.8, 4) is 0 Å². The summed E-state index contributed by atoms with van der Waals surface area (Å²) in [5.74, 6) is -2.30. The van der Waals surface area contributed by atoms with Gasteiger partial charge >= 0.3 is 11.9 Å². The van der Waals surface area contributed by atoms with Gasteiger partial charge in [-0.15, -0.1) is 0 Å². The van der Waals surface area contributed by atoms with E-state index in [1.807, 2.05) is 30.3 Å². The van der Waals surface area contributed by atoms with E-state index in [1.165, 1.54) is 0 Å². The lowest BCUT2D eigenvalue weighted by molar-refractivity contribution is -0.149. The summed E-state index contributed by atoms with van der Waals surface area (Å²) in [7, 11) is 0. The highest BCUT2D eigenvalue weighted by Gasteiger charge is 2.49. The molecule has 0 saturated heterocycles. The molecule has 0 spiro atoms. The Bertz CT molecular complexity index is 399. The Kier molecular flexibility index (Phi) is 2.90. The molecule has 1 fully saturated rings. The van der Waals surface area contributed by atoms with Crippen LogP contribution in [-0.2, 0) is 20.9 Å². The maximum atomic E-state index is 11.4. The number of hydrogen-bond donors (Lipinski definition) is 1. The molecule has 0 heterocycles. The molecule has 16 heavy (non-hydrogen) atoms. The lowest BCUT2D eigenvalue weighted by Gasteiger charge is -2.03. The summed E-state index contributed by atoms with van der Waals surface area (Å²) in [6, 6.07) is 9.32. The van der Waals surface area contributed by atoms with Crippen molar-refractivity contribution in [1.82, 2.24) is 0 Å². The van der Waals surface area contributed by atoms with Crippen molar-refractivity contribution in [3.05, 3.63) is 35.9 Å². The molecule has 1 aliphatic rings. The minimum atomic E-state index is -0.915. The normalized spacial score (nSPS) is 22.5. The van der Waals surface area contributed by atoms with Crippen LogP contribution in [0.15, 0.2) is 30.3 Å². The first-order chi connectivity index (χ1) is 7.68. The van der Waals surface area contributed by atoms with Crippen molar-refractivity contribution in [2.75, 3.05) is 0 Å². The van der Waals surface area contributed by atoms with E-state index in [4.69, 9.17) is 9.84 Å². The van der Waals surface area contributed by atoms with E-state index in [0.717, 1.165) is 5.56 Å². The van der Waals surface area contributed by atoms with Gasteiger partial charge < -0.3 is 9.84 Å². The number of carboxylic acids is 1. The monoisotopic (exact) mass is 220 g/mol. The molecule has 4 nitrogen and oxygen atoms in total. The first-order valence-electron chi connectivity index (χ1n) is 5.12. The number of carboxylic acid groups (broad SMARTS) is 1. The summed E-state index contributed by atoms with van der Waals surface area (Å²) in [5.41, 5.74) is 0.906. The number of ether oxygens (including phenoxy) is 1. The molecule has 1 aliphatic carbocycles. The Balaban J connectivity index is 1.80. The minimum Gasteiger partial charge on any atom is -0.481 e. The second-order valence-electron chi connectivity index (χ2n) is 3.88. The van der Waals surface area contributed by atoms with Gasteiger partial charge in [-0.2, -0.15) is 0 Å². The smallest absolute Gasteiger partial charge is 0.310 e. The minimum absolute atomic E-state index is 0.211. The fraction of sp³-hybridized carbons (Fsp3) is 0.333. The second kappa shape index (κ2) is 4.35. The van der Waals surface area contributed by atoms with E-state index in [9.17, 15) is 9.59 Å². The Morgan fingerprint density at radius 3 is 2.50 bits per heavy atom. The molecule has 0 amide bonds. The quantitative estimate of drug-likeness (QED) is 0.780. The van der Waals surface area contributed by atoms with Crippen LogP contribution in [0.4, 0.5) is 0 Å². The molecule has 0 aliphatic heterocycles. The zero-order valence-corrected chi connectivity index (χ0v) is 8.63. The summed E-state index contributed by atoms with van der Waals surface area (Å²) in [6.07, 6.45) is 0.406. The van der Waals surface area contributed by atoms with Crippen LogP contribution >= 0.6 is 0 Å². The predicted molar refractivity (Wildman–Crippen MR) is 55.5 cm³/mol. The Hall–Kier alpha value is -1.84. The van der Waals surface area contributed by atoms with Crippen LogP contribution in [-0.4, -0.2) is 17.0 Å². The van der Waals surface area contributed by atoms with E-state index < -0.39 is 23.8 Å². The van der Waals surface area contributed by atoms with Crippen molar-refractivity contribution in [2.45, 2.75) is 13.0 Å². The molecule has 0 bridgehead atoms. The largest absolute Gasteiger partial charge is 0.481 e.